The van der Waals surface area contributed by atoms with Gasteiger partial charge in [0.05, 0.1) is 20.3 Å². The molecule has 2 heterocycles. The van der Waals surface area contributed by atoms with Crippen molar-refractivity contribution in [3.8, 4) is 17.6 Å². The smallest absolute Gasteiger partial charge is 0.264 e. The first-order chi connectivity index (χ1) is 15.9. The van der Waals surface area contributed by atoms with Gasteiger partial charge < -0.3 is 23.7 Å². The second kappa shape index (κ2) is 11.1. The molecule has 1 saturated heterocycles. The molecule has 0 spiro atoms. The molecule has 1 fully saturated rings. The van der Waals surface area contributed by atoms with E-state index in [9.17, 15) is 10.1 Å². The average Bonchev–Trinajstić information content (AvgIpc) is 3.44. The Bertz CT molecular complexity index is 1060. The zero-order chi connectivity index (χ0) is 24.0. The lowest BCUT2D eigenvalue weighted by Gasteiger charge is -2.21. The van der Waals surface area contributed by atoms with E-state index in [0.29, 0.717) is 24.6 Å². The molecule has 3 rings (SSSR count). The minimum absolute atomic E-state index is 0.120. The van der Waals surface area contributed by atoms with E-state index in [1.165, 1.54) is 0 Å². The molecular weight excluding hydrogens is 418 g/mol. The lowest BCUT2D eigenvalue weighted by atomic mass is 10.1. The van der Waals surface area contributed by atoms with Crippen molar-refractivity contribution in [3.63, 3.8) is 0 Å². The highest BCUT2D eigenvalue weighted by Crippen LogP contribution is 2.28. The first kappa shape index (κ1) is 24.4. The van der Waals surface area contributed by atoms with Crippen molar-refractivity contribution in [2.45, 2.75) is 52.8 Å². The molecule has 0 bridgehead atoms. The SMILES string of the molecule is CCN(Cc1ccc(OC)c(OC)c1)C(=O)/C(C#N)=C/c1cc(C)n(CC2CCCO2)c1C. The number of aromatic nitrogens is 1. The van der Waals surface area contributed by atoms with Gasteiger partial charge in [0.1, 0.15) is 11.6 Å². The highest BCUT2D eigenvalue weighted by atomic mass is 16.5. The summed E-state index contributed by atoms with van der Waals surface area (Å²) in [5.41, 5.74) is 4.03. The second-order valence-electron chi connectivity index (χ2n) is 8.25. The molecule has 1 aromatic heterocycles. The van der Waals surface area contributed by atoms with Gasteiger partial charge in [0.15, 0.2) is 11.5 Å². The van der Waals surface area contributed by atoms with Gasteiger partial charge in [-0.05, 0) is 69.0 Å². The maximum Gasteiger partial charge on any atom is 0.264 e. The van der Waals surface area contributed by atoms with Crippen molar-refractivity contribution >= 4 is 12.0 Å². The summed E-state index contributed by atoms with van der Waals surface area (Å²) in [5.74, 6) is 0.943. The third kappa shape index (κ3) is 5.58. The number of rotatable bonds is 9. The molecule has 1 amide bonds. The van der Waals surface area contributed by atoms with Crippen molar-refractivity contribution in [1.82, 2.24) is 9.47 Å². The predicted molar refractivity (Wildman–Crippen MR) is 127 cm³/mol. The Morgan fingerprint density at radius 3 is 2.64 bits per heavy atom. The van der Waals surface area contributed by atoms with Crippen molar-refractivity contribution < 1.29 is 19.0 Å². The fraction of sp³-hybridized carbons (Fsp3) is 0.462. The van der Waals surface area contributed by atoms with Gasteiger partial charge in [0.25, 0.3) is 5.91 Å². The van der Waals surface area contributed by atoms with E-state index >= 15 is 0 Å². The van der Waals surface area contributed by atoms with Crippen LogP contribution in [0.15, 0.2) is 29.8 Å². The van der Waals surface area contributed by atoms with Gasteiger partial charge in [0, 0.05) is 37.6 Å². The molecule has 33 heavy (non-hydrogen) atoms. The van der Waals surface area contributed by atoms with E-state index in [2.05, 4.69) is 10.6 Å². The summed E-state index contributed by atoms with van der Waals surface area (Å²) in [6.45, 7) is 8.42. The monoisotopic (exact) mass is 451 g/mol. The molecule has 0 N–H and O–H groups in total. The zero-order valence-electron chi connectivity index (χ0n) is 20.2. The van der Waals surface area contributed by atoms with Crippen LogP contribution in [0.2, 0.25) is 0 Å². The maximum atomic E-state index is 13.2. The highest BCUT2D eigenvalue weighted by Gasteiger charge is 2.21. The number of ether oxygens (including phenoxy) is 3. The van der Waals surface area contributed by atoms with Gasteiger partial charge in [-0.2, -0.15) is 5.26 Å². The molecule has 1 unspecified atom stereocenters. The van der Waals surface area contributed by atoms with Gasteiger partial charge in [-0.3, -0.25) is 4.79 Å². The number of nitriles is 1. The van der Waals surface area contributed by atoms with Crippen molar-refractivity contribution in [1.29, 1.82) is 5.26 Å². The first-order valence-corrected chi connectivity index (χ1v) is 11.3. The molecule has 0 aliphatic carbocycles. The molecule has 1 atom stereocenters. The predicted octanol–water partition coefficient (Wildman–Crippen LogP) is 4.26. The summed E-state index contributed by atoms with van der Waals surface area (Å²) in [5, 5.41) is 9.79. The Hall–Kier alpha value is -3.24. The fourth-order valence-electron chi connectivity index (χ4n) is 4.24. The van der Waals surface area contributed by atoms with E-state index in [4.69, 9.17) is 14.2 Å². The number of benzene rings is 1. The number of nitrogens with zero attached hydrogens (tertiary/aromatic N) is 3. The molecule has 1 aromatic carbocycles. The van der Waals surface area contributed by atoms with E-state index in [0.717, 1.165) is 48.5 Å². The van der Waals surface area contributed by atoms with Crippen LogP contribution in [0.3, 0.4) is 0 Å². The second-order valence-corrected chi connectivity index (χ2v) is 8.25. The van der Waals surface area contributed by atoms with Crippen LogP contribution in [0.5, 0.6) is 11.5 Å². The van der Waals surface area contributed by atoms with Crippen molar-refractivity contribution in [3.05, 3.63) is 52.4 Å². The lowest BCUT2D eigenvalue weighted by molar-refractivity contribution is -0.127. The Morgan fingerprint density at radius 2 is 2.03 bits per heavy atom. The maximum absolute atomic E-state index is 13.2. The quantitative estimate of drug-likeness (QED) is 0.421. The summed E-state index contributed by atoms with van der Waals surface area (Å²) in [6, 6.07) is 9.70. The normalized spacial score (nSPS) is 15.9. The van der Waals surface area contributed by atoms with E-state index in [1.54, 1.807) is 25.2 Å². The molecule has 1 aliphatic heterocycles. The van der Waals surface area contributed by atoms with Crippen LogP contribution >= 0.6 is 0 Å². The first-order valence-electron chi connectivity index (χ1n) is 11.3. The number of methoxy groups -OCH3 is 2. The number of amides is 1. The number of aryl methyl sites for hydroxylation is 1. The Labute approximate surface area is 196 Å². The molecular formula is C26H33N3O4. The largest absolute Gasteiger partial charge is 0.493 e. The Kier molecular flexibility index (Phi) is 8.18. The Balaban J connectivity index is 1.81. The van der Waals surface area contributed by atoms with Gasteiger partial charge in [0.2, 0.25) is 0 Å². The van der Waals surface area contributed by atoms with Crippen LogP contribution in [0.1, 0.15) is 42.3 Å². The van der Waals surface area contributed by atoms with Crippen LogP contribution in [0.4, 0.5) is 0 Å². The van der Waals surface area contributed by atoms with Crippen molar-refractivity contribution in [2.75, 3.05) is 27.4 Å². The summed E-state index contributed by atoms with van der Waals surface area (Å²) in [7, 11) is 3.16. The van der Waals surface area contributed by atoms with Crippen LogP contribution in [0, 0.1) is 25.2 Å². The molecule has 176 valence electrons. The summed E-state index contributed by atoms with van der Waals surface area (Å²) in [4.78, 5) is 14.9. The minimum Gasteiger partial charge on any atom is -0.493 e. The number of likely N-dealkylation sites (N-methyl/N-ethyl adjacent to an activating group) is 1. The minimum atomic E-state index is -0.293. The van der Waals surface area contributed by atoms with Gasteiger partial charge in [-0.15, -0.1) is 0 Å². The Morgan fingerprint density at radius 1 is 1.27 bits per heavy atom. The average molecular weight is 452 g/mol. The number of carbonyl (C=O) groups is 1. The zero-order valence-corrected chi connectivity index (χ0v) is 20.2. The van der Waals surface area contributed by atoms with E-state index in [1.807, 2.05) is 45.0 Å². The molecule has 7 nitrogen and oxygen atoms in total. The van der Waals surface area contributed by atoms with Gasteiger partial charge in [-0.25, -0.2) is 0 Å². The third-order valence-corrected chi connectivity index (χ3v) is 6.16. The van der Waals surface area contributed by atoms with Crippen molar-refractivity contribution in [2.24, 2.45) is 0 Å². The van der Waals surface area contributed by atoms with Gasteiger partial charge in [-0.1, -0.05) is 6.07 Å². The number of hydrogen-bond acceptors (Lipinski definition) is 5. The summed E-state index contributed by atoms with van der Waals surface area (Å²) < 4.78 is 18.7. The van der Waals surface area contributed by atoms with Crippen LogP contribution < -0.4 is 9.47 Å². The standard InChI is InChI=1S/C26H33N3O4/c1-6-28(16-20-9-10-24(31-4)25(13-20)32-5)26(30)22(15-27)14-21-12-18(2)29(19(21)3)17-23-8-7-11-33-23/h9-10,12-14,23H,6-8,11,16-17H2,1-5H3/b22-14+. The topological polar surface area (TPSA) is 76.7 Å². The fourth-order valence-corrected chi connectivity index (χ4v) is 4.24. The number of carbonyl (C=O) groups excluding carboxylic acids is 1. The van der Waals surface area contributed by atoms with Crippen LogP contribution in [-0.4, -0.2) is 48.8 Å². The highest BCUT2D eigenvalue weighted by molar-refractivity contribution is 6.01. The van der Waals surface area contributed by atoms with Gasteiger partial charge >= 0.3 is 0 Å². The molecule has 0 saturated carbocycles. The van der Waals surface area contributed by atoms with E-state index < -0.39 is 0 Å². The molecule has 1 aliphatic rings. The number of hydrogen-bond donors (Lipinski definition) is 0. The summed E-state index contributed by atoms with van der Waals surface area (Å²) >= 11 is 0. The molecule has 2 aromatic rings. The van der Waals surface area contributed by atoms with Crippen LogP contribution in [-0.2, 0) is 22.6 Å². The lowest BCUT2D eigenvalue weighted by Crippen LogP contribution is -2.31. The van der Waals surface area contributed by atoms with E-state index in [-0.39, 0.29) is 17.6 Å². The molecule has 7 heteroatoms. The van der Waals surface area contributed by atoms with Crippen LogP contribution in [0.25, 0.3) is 6.08 Å². The summed E-state index contributed by atoms with van der Waals surface area (Å²) in [6.07, 6.45) is 4.08. The third-order valence-electron chi connectivity index (χ3n) is 6.16. The molecule has 0 radical (unpaired) electrons.